The van der Waals surface area contributed by atoms with Gasteiger partial charge in [-0.1, -0.05) is 19.9 Å². The van der Waals surface area contributed by atoms with Gasteiger partial charge in [-0.2, -0.15) is 0 Å². The van der Waals surface area contributed by atoms with Crippen molar-refractivity contribution in [3.63, 3.8) is 0 Å². The predicted molar refractivity (Wildman–Crippen MR) is 111 cm³/mol. The van der Waals surface area contributed by atoms with Gasteiger partial charge in [0.15, 0.2) is 0 Å². The molecule has 7 heteroatoms. The Morgan fingerprint density at radius 3 is 2.62 bits per heavy atom. The van der Waals surface area contributed by atoms with E-state index in [1.54, 1.807) is 18.3 Å². The Labute approximate surface area is 168 Å². The van der Waals surface area contributed by atoms with Gasteiger partial charge >= 0.3 is 0 Å². The first-order chi connectivity index (χ1) is 14.0. The minimum atomic E-state index is -0.293. The molecule has 0 aliphatic heterocycles. The molecule has 0 saturated heterocycles. The summed E-state index contributed by atoms with van der Waals surface area (Å²) in [6.45, 7) is 4.51. The Morgan fingerprint density at radius 1 is 1.07 bits per heavy atom. The third-order valence-electron chi connectivity index (χ3n) is 4.70. The zero-order valence-corrected chi connectivity index (χ0v) is 16.3. The number of imidazole rings is 1. The molecule has 0 radical (unpaired) electrons. The van der Waals surface area contributed by atoms with Gasteiger partial charge in [-0.05, 0) is 42.5 Å². The van der Waals surface area contributed by atoms with E-state index in [1.807, 2.05) is 48.7 Å². The highest BCUT2D eigenvalue weighted by molar-refractivity contribution is 5.80. The highest BCUT2D eigenvalue weighted by atomic mass is 19.1. The maximum absolute atomic E-state index is 13.4. The van der Waals surface area contributed by atoms with Crippen LogP contribution in [0.5, 0.6) is 0 Å². The SMILES string of the molecule is CC(C)(CO)CNc1nccc(-c2c(-c3ccc(F)cc3)nc3ccccn23)n1. The van der Waals surface area contributed by atoms with Crippen LogP contribution in [0.1, 0.15) is 13.8 Å². The monoisotopic (exact) mass is 391 g/mol. The van der Waals surface area contributed by atoms with Gasteiger partial charge in [0.1, 0.15) is 11.5 Å². The fourth-order valence-electron chi connectivity index (χ4n) is 3.00. The number of nitrogens with one attached hydrogen (secondary N) is 1. The molecule has 4 rings (SSSR count). The lowest BCUT2D eigenvalue weighted by molar-refractivity contribution is 0.170. The average Bonchev–Trinajstić information content (AvgIpc) is 3.13. The number of rotatable bonds is 6. The van der Waals surface area contributed by atoms with E-state index in [0.29, 0.717) is 18.2 Å². The third kappa shape index (κ3) is 3.95. The van der Waals surface area contributed by atoms with Gasteiger partial charge in [0.25, 0.3) is 0 Å². The zero-order valence-electron chi connectivity index (χ0n) is 16.3. The summed E-state index contributed by atoms with van der Waals surface area (Å²) in [5.74, 6) is 0.180. The highest BCUT2D eigenvalue weighted by Gasteiger charge is 2.19. The molecule has 3 aromatic heterocycles. The van der Waals surface area contributed by atoms with Gasteiger partial charge < -0.3 is 10.4 Å². The van der Waals surface area contributed by atoms with Crippen LogP contribution in [0.4, 0.5) is 10.3 Å². The second kappa shape index (κ2) is 7.60. The van der Waals surface area contributed by atoms with E-state index >= 15 is 0 Å². The Morgan fingerprint density at radius 2 is 1.86 bits per heavy atom. The molecule has 0 atom stereocenters. The second-order valence-corrected chi connectivity index (χ2v) is 7.69. The molecule has 0 bridgehead atoms. The van der Waals surface area contributed by atoms with Gasteiger partial charge in [-0.3, -0.25) is 4.40 Å². The number of hydrogen-bond acceptors (Lipinski definition) is 5. The molecule has 0 spiro atoms. The fraction of sp³-hybridized carbons (Fsp3) is 0.227. The number of fused-ring (bicyclic) bond motifs is 1. The van der Waals surface area contributed by atoms with E-state index in [0.717, 1.165) is 22.6 Å². The first-order valence-electron chi connectivity index (χ1n) is 9.38. The van der Waals surface area contributed by atoms with Crippen molar-refractivity contribution >= 4 is 11.6 Å². The molecular weight excluding hydrogens is 369 g/mol. The van der Waals surface area contributed by atoms with Crippen LogP contribution in [-0.4, -0.2) is 37.6 Å². The predicted octanol–water partition coefficient (Wildman–Crippen LogP) is 4.03. The lowest BCUT2D eigenvalue weighted by Gasteiger charge is -2.21. The van der Waals surface area contributed by atoms with E-state index < -0.39 is 0 Å². The quantitative estimate of drug-likeness (QED) is 0.519. The molecule has 0 fully saturated rings. The number of pyridine rings is 1. The molecule has 0 amide bonds. The van der Waals surface area contributed by atoms with Crippen LogP contribution < -0.4 is 5.32 Å². The topological polar surface area (TPSA) is 75.3 Å². The number of anilines is 1. The summed E-state index contributed by atoms with van der Waals surface area (Å²) in [5.41, 5.74) is 3.51. The van der Waals surface area contributed by atoms with E-state index in [4.69, 9.17) is 4.98 Å². The van der Waals surface area contributed by atoms with Crippen molar-refractivity contribution in [2.75, 3.05) is 18.5 Å². The van der Waals surface area contributed by atoms with Crippen molar-refractivity contribution in [3.05, 3.63) is 66.7 Å². The van der Waals surface area contributed by atoms with Crippen LogP contribution >= 0.6 is 0 Å². The smallest absolute Gasteiger partial charge is 0.223 e. The van der Waals surface area contributed by atoms with Crippen LogP contribution in [0.25, 0.3) is 28.3 Å². The highest BCUT2D eigenvalue weighted by Crippen LogP contribution is 2.32. The molecule has 0 aliphatic rings. The lowest BCUT2D eigenvalue weighted by atomic mass is 9.95. The van der Waals surface area contributed by atoms with Crippen molar-refractivity contribution < 1.29 is 9.50 Å². The first kappa shape index (κ1) is 19.0. The Balaban J connectivity index is 1.80. The normalized spacial score (nSPS) is 11.7. The summed E-state index contributed by atoms with van der Waals surface area (Å²) in [6, 6.07) is 13.9. The molecule has 6 nitrogen and oxygen atoms in total. The Hall–Kier alpha value is -3.32. The van der Waals surface area contributed by atoms with Crippen LogP contribution in [0.3, 0.4) is 0 Å². The zero-order chi connectivity index (χ0) is 20.4. The molecule has 148 valence electrons. The molecule has 0 saturated carbocycles. The Bertz CT molecular complexity index is 1140. The van der Waals surface area contributed by atoms with Crippen LogP contribution in [-0.2, 0) is 0 Å². The molecule has 2 N–H and O–H groups in total. The number of hydrogen-bond donors (Lipinski definition) is 2. The van der Waals surface area contributed by atoms with Gasteiger partial charge in [-0.15, -0.1) is 0 Å². The maximum atomic E-state index is 13.4. The van der Waals surface area contributed by atoms with Crippen LogP contribution in [0, 0.1) is 11.2 Å². The van der Waals surface area contributed by atoms with E-state index in [1.165, 1.54) is 12.1 Å². The summed E-state index contributed by atoms with van der Waals surface area (Å²) >= 11 is 0. The number of nitrogens with zero attached hydrogens (tertiary/aromatic N) is 4. The van der Waals surface area contributed by atoms with Crippen molar-refractivity contribution in [1.29, 1.82) is 0 Å². The van der Waals surface area contributed by atoms with E-state index in [-0.39, 0.29) is 17.8 Å². The second-order valence-electron chi connectivity index (χ2n) is 7.69. The minimum absolute atomic E-state index is 0.0572. The average molecular weight is 391 g/mol. The van der Waals surface area contributed by atoms with Gasteiger partial charge in [0, 0.05) is 36.5 Å². The van der Waals surface area contributed by atoms with Crippen LogP contribution in [0.2, 0.25) is 0 Å². The number of aliphatic hydroxyl groups excluding tert-OH is 1. The van der Waals surface area contributed by atoms with Crippen molar-refractivity contribution in [2.45, 2.75) is 13.8 Å². The third-order valence-corrected chi connectivity index (χ3v) is 4.70. The number of aliphatic hydroxyl groups is 1. The van der Waals surface area contributed by atoms with Gasteiger partial charge in [0.05, 0.1) is 17.1 Å². The van der Waals surface area contributed by atoms with Gasteiger partial charge in [0.2, 0.25) is 5.95 Å². The summed E-state index contributed by atoms with van der Waals surface area (Å²) in [4.78, 5) is 13.7. The summed E-state index contributed by atoms with van der Waals surface area (Å²) in [5, 5.41) is 12.6. The van der Waals surface area contributed by atoms with Crippen molar-refractivity contribution in [3.8, 4) is 22.6 Å². The minimum Gasteiger partial charge on any atom is -0.396 e. The molecule has 1 aromatic carbocycles. The van der Waals surface area contributed by atoms with Gasteiger partial charge in [-0.25, -0.2) is 19.3 Å². The molecular formula is C22H22FN5O. The summed E-state index contributed by atoms with van der Waals surface area (Å²) in [7, 11) is 0. The number of benzene rings is 1. The largest absolute Gasteiger partial charge is 0.396 e. The summed E-state index contributed by atoms with van der Waals surface area (Å²) < 4.78 is 15.4. The first-order valence-corrected chi connectivity index (χ1v) is 9.38. The molecule has 0 unspecified atom stereocenters. The standard InChI is InChI=1S/C22H22FN5O/c1-22(2,14-29)13-25-21-24-11-10-17(26-21)20-19(15-6-8-16(23)9-7-15)27-18-5-3-4-12-28(18)20/h3-12,29H,13-14H2,1-2H3,(H,24,25,26). The number of aromatic nitrogens is 4. The maximum Gasteiger partial charge on any atom is 0.223 e. The van der Waals surface area contributed by atoms with Crippen LogP contribution in [0.15, 0.2) is 60.9 Å². The molecule has 4 aromatic rings. The molecule has 0 aliphatic carbocycles. The van der Waals surface area contributed by atoms with E-state index in [9.17, 15) is 9.50 Å². The van der Waals surface area contributed by atoms with Crippen molar-refractivity contribution in [2.24, 2.45) is 5.41 Å². The van der Waals surface area contributed by atoms with Crippen molar-refractivity contribution in [1.82, 2.24) is 19.4 Å². The van der Waals surface area contributed by atoms with E-state index in [2.05, 4.69) is 15.3 Å². The molecule has 3 heterocycles. The number of halogens is 1. The molecule has 29 heavy (non-hydrogen) atoms. The Kier molecular flexibility index (Phi) is 4.98. The lowest BCUT2D eigenvalue weighted by Crippen LogP contribution is -2.27. The summed E-state index contributed by atoms with van der Waals surface area (Å²) in [6.07, 6.45) is 3.61. The fourth-order valence-corrected chi connectivity index (χ4v) is 3.00.